The molecule has 0 saturated heterocycles. The maximum atomic E-state index is 13.8. The summed E-state index contributed by atoms with van der Waals surface area (Å²) in [5.41, 5.74) is 2.41. The Labute approximate surface area is 228 Å². The van der Waals surface area contributed by atoms with E-state index in [0.29, 0.717) is 21.2 Å². The van der Waals surface area contributed by atoms with Crippen molar-refractivity contribution in [2.24, 2.45) is 0 Å². The van der Waals surface area contributed by atoms with Crippen LogP contribution in [0.25, 0.3) is 0 Å². The Bertz CT molecular complexity index is 1400. The van der Waals surface area contributed by atoms with Gasteiger partial charge in [0.1, 0.15) is 12.6 Å². The second kappa shape index (κ2) is 12.0. The van der Waals surface area contributed by atoms with Gasteiger partial charge < -0.3 is 10.2 Å². The molecule has 3 rings (SSSR count). The quantitative estimate of drug-likeness (QED) is 0.399. The van der Waals surface area contributed by atoms with E-state index in [4.69, 9.17) is 23.2 Å². The van der Waals surface area contributed by atoms with Gasteiger partial charge in [0.25, 0.3) is 10.0 Å². The number of anilines is 1. The van der Waals surface area contributed by atoms with Crippen LogP contribution in [0.15, 0.2) is 71.6 Å². The zero-order valence-corrected chi connectivity index (χ0v) is 23.4. The van der Waals surface area contributed by atoms with E-state index < -0.39 is 34.4 Å². The van der Waals surface area contributed by atoms with Crippen molar-refractivity contribution in [1.82, 2.24) is 10.2 Å². The van der Waals surface area contributed by atoms with Gasteiger partial charge in [-0.05, 0) is 62.2 Å². The molecule has 3 aromatic rings. The Morgan fingerprint density at radius 2 is 1.62 bits per heavy atom. The summed E-state index contributed by atoms with van der Waals surface area (Å²) in [6, 6.07) is 17.3. The normalized spacial score (nSPS) is 12.1. The first-order chi connectivity index (χ1) is 17.4. The molecule has 0 radical (unpaired) electrons. The van der Waals surface area contributed by atoms with Gasteiger partial charge in [-0.15, -0.1) is 0 Å². The number of carbonyl (C=O) groups excluding carboxylic acids is 2. The first-order valence-electron chi connectivity index (χ1n) is 11.6. The fourth-order valence-corrected chi connectivity index (χ4v) is 5.64. The van der Waals surface area contributed by atoms with E-state index in [2.05, 4.69) is 5.32 Å². The highest BCUT2D eigenvalue weighted by atomic mass is 35.5. The van der Waals surface area contributed by atoms with Crippen LogP contribution in [0.2, 0.25) is 10.0 Å². The number of nitrogens with one attached hydrogen (secondary N) is 1. The van der Waals surface area contributed by atoms with Gasteiger partial charge in [0.15, 0.2) is 0 Å². The first kappa shape index (κ1) is 28.5. The molecule has 10 heteroatoms. The van der Waals surface area contributed by atoms with Gasteiger partial charge in [0.05, 0.1) is 10.6 Å². The van der Waals surface area contributed by atoms with E-state index >= 15 is 0 Å². The number of likely N-dealkylation sites (N-methyl/N-ethyl adjacent to an activating group) is 1. The van der Waals surface area contributed by atoms with Gasteiger partial charge in [0.2, 0.25) is 11.8 Å². The molecule has 0 aliphatic rings. The molecule has 0 fully saturated rings. The second-order valence-corrected chi connectivity index (χ2v) is 11.4. The molecule has 7 nitrogen and oxygen atoms in total. The summed E-state index contributed by atoms with van der Waals surface area (Å²) in [5.74, 6) is -0.974. The molecule has 0 heterocycles. The fraction of sp³-hybridized carbons (Fsp3) is 0.259. The molecule has 0 unspecified atom stereocenters. The number of amides is 2. The van der Waals surface area contributed by atoms with E-state index in [-0.39, 0.29) is 17.1 Å². The zero-order valence-electron chi connectivity index (χ0n) is 21.0. The Morgan fingerprint density at radius 3 is 2.24 bits per heavy atom. The third kappa shape index (κ3) is 6.63. The van der Waals surface area contributed by atoms with Crippen LogP contribution in [0.1, 0.15) is 23.6 Å². The standard InChI is InChI=1S/C27H29Cl2N3O4S/c1-18-9-13-23(14-10-18)37(35,36)32(25-15-22(28)12-11-19(25)2)17-26(33)31(20(3)27(34)30-4)16-21-7-5-6-8-24(21)29/h5-15,20H,16-17H2,1-4H3,(H,30,34)/t20-/m0/s1. The average molecular weight is 563 g/mol. The van der Waals surface area contributed by atoms with Crippen LogP contribution in [-0.2, 0) is 26.2 Å². The number of hydrogen-bond acceptors (Lipinski definition) is 4. The second-order valence-electron chi connectivity index (χ2n) is 8.66. The third-order valence-corrected chi connectivity index (χ3v) is 8.42. The predicted octanol–water partition coefficient (Wildman–Crippen LogP) is 4.97. The number of nitrogens with zero attached hydrogens (tertiary/aromatic N) is 2. The highest BCUT2D eigenvalue weighted by molar-refractivity contribution is 7.92. The predicted molar refractivity (Wildman–Crippen MR) is 147 cm³/mol. The molecule has 0 saturated carbocycles. The summed E-state index contributed by atoms with van der Waals surface area (Å²) in [7, 11) is -2.70. The number of carbonyl (C=O) groups is 2. The summed E-state index contributed by atoms with van der Waals surface area (Å²) in [6.45, 7) is 4.63. The molecule has 1 N–H and O–H groups in total. The van der Waals surface area contributed by atoms with Gasteiger partial charge in [-0.3, -0.25) is 13.9 Å². The van der Waals surface area contributed by atoms with Gasteiger partial charge in [-0.1, -0.05) is 65.2 Å². The Kier molecular flexibility index (Phi) is 9.23. The minimum atomic E-state index is -4.17. The van der Waals surface area contributed by atoms with Gasteiger partial charge in [-0.25, -0.2) is 8.42 Å². The van der Waals surface area contributed by atoms with Crippen molar-refractivity contribution in [2.75, 3.05) is 17.9 Å². The molecule has 0 aliphatic heterocycles. The molecule has 0 bridgehead atoms. The van der Waals surface area contributed by atoms with Crippen molar-refractivity contribution in [3.8, 4) is 0 Å². The van der Waals surface area contributed by atoms with Gasteiger partial charge in [-0.2, -0.15) is 0 Å². The molecule has 37 heavy (non-hydrogen) atoms. The average Bonchev–Trinajstić information content (AvgIpc) is 2.87. The Morgan fingerprint density at radius 1 is 0.973 bits per heavy atom. The third-order valence-electron chi connectivity index (χ3n) is 6.04. The van der Waals surface area contributed by atoms with Crippen molar-refractivity contribution >= 4 is 50.7 Å². The molecule has 0 aliphatic carbocycles. The molecule has 1 atom stereocenters. The monoisotopic (exact) mass is 561 g/mol. The molecular formula is C27H29Cl2N3O4S. The molecule has 196 valence electrons. The number of benzene rings is 3. The van der Waals surface area contributed by atoms with Crippen LogP contribution in [0, 0.1) is 13.8 Å². The Hall–Kier alpha value is -3.07. The van der Waals surface area contributed by atoms with Crippen molar-refractivity contribution < 1.29 is 18.0 Å². The number of sulfonamides is 1. The highest BCUT2D eigenvalue weighted by Gasteiger charge is 2.33. The summed E-state index contributed by atoms with van der Waals surface area (Å²) >= 11 is 12.6. The number of hydrogen-bond donors (Lipinski definition) is 1. The van der Waals surface area contributed by atoms with Crippen LogP contribution < -0.4 is 9.62 Å². The summed E-state index contributed by atoms with van der Waals surface area (Å²) in [4.78, 5) is 27.7. The fourth-order valence-electron chi connectivity index (χ4n) is 3.80. The van der Waals surface area contributed by atoms with E-state index in [9.17, 15) is 18.0 Å². The van der Waals surface area contributed by atoms with Crippen LogP contribution in [0.4, 0.5) is 5.69 Å². The maximum Gasteiger partial charge on any atom is 0.264 e. The van der Waals surface area contributed by atoms with E-state index in [1.165, 1.54) is 30.1 Å². The lowest BCUT2D eigenvalue weighted by Crippen LogP contribution is -2.50. The molecule has 2 amide bonds. The summed E-state index contributed by atoms with van der Waals surface area (Å²) in [5, 5.41) is 3.30. The van der Waals surface area contributed by atoms with E-state index in [0.717, 1.165) is 9.87 Å². The molecule has 0 aromatic heterocycles. The first-order valence-corrected chi connectivity index (χ1v) is 13.7. The largest absolute Gasteiger partial charge is 0.357 e. The minimum Gasteiger partial charge on any atom is -0.357 e. The van der Waals surface area contributed by atoms with E-state index in [1.54, 1.807) is 62.4 Å². The number of rotatable bonds is 9. The van der Waals surface area contributed by atoms with Crippen LogP contribution in [-0.4, -0.2) is 44.8 Å². The van der Waals surface area contributed by atoms with Gasteiger partial charge >= 0.3 is 0 Å². The van der Waals surface area contributed by atoms with Gasteiger partial charge in [0, 0.05) is 23.6 Å². The number of aryl methyl sites for hydroxylation is 2. The lowest BCUT2D eigenvalue weighted by molar-refractivity contribution is -0.139. The highest BCUT2D eigenvalue weighted by Crippen LogP contribution is 2.30. The maximum absolute atomic E-state index is 13.8. The zero-order chi connectivity index (χ0) is 27.3. The smallest absolute Gasteiger partial charge is 0.264 e. The minimum absolute atomic E-state index is 0.0139. The SMILES string of the molecule is CNC(=O)[C@H](C)N(Cc1ccccc1Cl)C(=O)CN(c1cc(Cl)ccc1C)S(=O)(=O)c1ccc(C)cc1. The van der Waals surface area contributed by atoms with E-state index in [1.807, 2.05) is 6.92 Å². The van der Waals surface area contributed by atoms with Crippen LogP contribution in [0.3, 0.4) is 0 Å². The lowest BCUT2D eigenvalue weighted by atomic mass is 10.1. The Balaban J connectivity index is 2.09. The molecular weight excluding hydrogens is 533 g/mol. The van der Waals surface area contributed by atoms with Crippen molar-refractivity contribution in [3.05, 3.63) is 93.5 Å². The van der Waals surface area contributed by atoms with Crippen LogP contribution in [0.5, 0.6) is 0 Å². The summed E-state index contributed by atoms with van der Waals surface area (Å²) in [6.07, 6.45) is 0. The number of halogens is 2. The van der Waals surface area contributed by atoms with Crippen LogP contribution >= 0.6 is 23.2 Å². The molecule has 0 spiro atoms. The topological polar surface area (TPSA) is 86.8 Å². The van der Waals surface area contributed by atoms with Crippen molar-refractivity contribution in [2.45, 2.75) is 38.3 Å². The lowest BCUT2D eigenvalue weighted by Gasteiger charge is -2.32. The van der Waals surface area contributed by atoms with Crippen molar-refractivity contribution in [1.29, 1.82) is 0 Å². The summed E-state index contributed by atoms with van der Waals surface area (Å²) < 4.78 is 28.7. The van der Waals surface area contributed by atoms with Crippen molar-refractivity contribution in [3.63, 3.8) is 0 Å². The molecule has 3 aromatic carbocycles.